The molecular weight excluding hydrogens is 238 g/mol. The number of hydrogen-bond acceptors (Lipinski definition) is 2. The number of benzene rings is 1. The highest BCUT2D eigenvalue weighted by Gasteiger charge is 2.36. The molecule has 0 spiro atoms. The number of aryl methyl sites for hydroxylation is 1. The van der Waals surface area contributed by atoms with Crippen LogP contribution in [0.3, 0.4) is 0 Å². The molecular formula is C16H21NO2. The summed E-state index contributed by atoms with van der Waals surface area (Å²) in [6, 6.07) is 5.78. The SMILES string of the molecule is CCCC(C)CN1C(=O)C(=O)c2cc(CC)ccc21. The number of carbonyl (C=O) groups excluding carboxylic acids is 2. The van der Waals surface area contributed by atoms with E-state index >= 15 is 0 Å². The minimum Gasteiger partial charge on any atom is -0.304 e. The summed E-state index contributed by atoms with van der Waals surface area (Å²) in [4.78, 5) is 25.8. The fourth-order valence-corrected chi connectivity index (χ4v) is 2.64. The number of rotatable bonds is 5. The van der Waals surface area contributed by atoms with Crippen molar-refractivity contribution in [1.82, 2.24) is 0 Å². The lowest BCUT2D eigenvalue weighted by Gasteiger charge is -2.21. The van der Waals surface area contributed by atoms with Gasteiger partial charge in [-0.25, -0.2) is 0 Å². The second kappa shape index (κ2) is 5.55. The molecule has 3 nitrogen and oxygen atoms in total. The molecule has 1 aliphatic heterocycles. The normalized spacial score (nSPS) is 15.8. The highest BCUT2D eigenvalue weighted by Crippen LogP contribution is 2.31. The molecule has 0 aliphatic carbocycles. The van der Waals surface area contributed by atoms with Gasteiger partial charge in [0.2, 0.25) is 0 Å². The molecule has 0 aromatic heterocycles. The van der Waals surface area contributed by atoms with Crippen LogP contribution in [0.1, 0.15) is 49.5 Å². The van der Waals surface area contributed by atoms with Gasteiger partial charge in [0, 0.05) is 6.54 Å². The van der Waals surface area contributed by atoms with E-state index in [1.807, 2.05) is 25.1 Å². The van der Waals surface area contributed by atoms with Crippen LogP contribution in [0.25, 0.3) is 0 Å². The van der Waals surface area contributed by atoms with Crippen LogP contribution in [0, 0.1) is 5.92 Å². The van der Waals surface area contributed by atoms with Gasteiger partial charge in [0.05, 0.1) is 11.3 Å². The van der Waals surface area contributed by atoms with Crippen molar-refractivity contribution in [2.45, 2.75) is 40.0 Å². The molecule has 1 heterocycles. The minimum atomic E-state index is -0.369. The van der Waals surface area contributed by atoms with Gasteiger partial charge >= 0.3 is 0 Å². The third-order valence-electron chi connectivity index (χ3n) is 3.72. The molecule has 1 atom stereocenters. The van der Waals surface area contributed by atoms with Crippen molar-refractivity contribution in [2.75, 3.05) is 11.4 Å². The van der Waals surface area contributed by atoms with Gasteiger partial charge < -0.3 is 4.90 Å². The predicted molar refractivity (Wildman–Crippen MR) is 76.6 cm³/mol. The van der Waals surface area contributed by atoms with Gasteiger partial charge in [-0.15, -0.1) is 0 Å². The summed E-state index contributed by atoms with van der Waals surface area (Å²) in [7, 11) is 0. The fourth-order valence-electron chi connectivity index (χ4n) is 2.64. The predicted octanol–water partition coefficient (Wildman–Crippen LogP) is 3.21. The van der Waals surface area contributed by atoms with Crippen LogP contribution >= 0.6 is 0 Å². The minimum absolute atomic E-state index is 0.353. The average Bonchev–Trinajstić information content (AvgIpc) is 2.64. The van der Waals surface area contributed by atoms with Gasteiger partial charge in [-0.3, -0.25) is 9.59 Å². The van der Waals surface area contributed by atoms with E-state index in [4.69, 9.17) is 0 Å². The maximum absolute atomic E-state index is 12.1. The summed E-state index contributed by atoms with van der Waals surface area (Å²) in [5.74, 6) is -0.307. The largest absolute Gasteiger partial charge is 0.304 e. The second-order valence-electron chi connectivity index (χ2n) is 5.34. The van der Waals surface area contributed by atoms with E-state index in [9.17, 15) is 9.59 Å². The number of Topliss-reactive ketones (excluding diaryl/α,β-unsaturated/α-hetero) is 1. The maximum atomic E-state index is 12.1. The molecule has 1 unspecified atom stereocenters. The Kier molecular flexibility index (Phi) is 4.03. The molecule has 1 aliphatic rings. The van der Waals surface area contributed by atoms with Crippen LogP contribution in [-0.2, 0) is 11.2 Å². The molecule has 0 fully saturated rings. The van der Waals surface area contributed by atoms with Crippen LogP contribution in [0.15, 0.2) is 18.2 Å². The van der Waals surface area contributed by atoms with Crippen molar-refractivity contribution in [3.63, 3.8) is 0 Å². The average molecular weight is 259 g/mol. The highest BCUT2D eigenvalue weighted by atomic mass is 16.2. The molecule has 0 saturated carbocycles. The van der Waals surface area contributed by atoms with Crippen LogP contribution in [0.2, 0.25) is 0 Å². The number of hydrogen-bond donors (Lipinski definition) is 0. The molecule has 102 valence electrons. The molecule has 0 saturated heterocycles. The Hall–Kier alpha value is -1.64. The van der Waals surface area contributed by atoms with E-state index in [1.165, 1.54) is 0 Å². The van der Waals surface area contributed by atoms with E-state index in [2.05, 4.69) is 13.8 Å². The first kappa shape index (κ1) is 13.8. The van der Waals surface area contributed by atoms with Crippen molar-refractivity contribution in [3.05, 3.63) is 29.3 Å². The fraction of sp³-hybridized carbons (Fsp3) is 0.500. The number of nitrogens with zero attached hydrogens (tertiary/aromatic N) is 1. The molecule has 0 N–H and O–H groups in total. The monoisotopic (exact) mass is 259 g/mol. The van der Waals surface area contributed by atoms with Crippen molar-refractivity contribution < 1.29 is 9.59 Å². The van der Waals surface area contributed by atoms with E-state index in [0.717, 1.165) is 30.5 Å². The van der Waals surface area contributed by atoms with Crippen molar-refractivity contribution in [1.29, 1.82) is 0 Å². The molecule has 0 bridgehead atoms. The number of carbonyl (C=O) groups is 2. The Bertz CT molecular complexity index is 507. The van der Waals surface area contributed by atoms with Gasteiger partial charge in [0.25, 0.3) is 11.7 Å². The van der Waals surface area contributed by atoms with Crippen molar-refractivity contribution in [3.8, 4) is 0 Å². The standard InChI is InChI=1S/C16H21NO2/c1-4-6-11(3)10-17-14-8-7-12(5-2)9-13(14)15(18)16(17)19/h7-9,11H,4-6,10H2,1-3H3. The first-order chi connectivity index (χ1) is 9.08. The number of amides is 1. The van der Waals surface area contributed by atoms with Crippen LogP contribution < -0.4 is 4.90 Å². The first-order valence-electron chi connectivity index (χ1n) is 7.07. The zero-order chi connectivity index (χ0) is 14.0. The summed E-state index contributed by atoms with van der Waals surface area (Å²) in [5, 5.41) is 0. The Morgan fingerprint density at radius 2 is 1.95 bits per heavy atom. The summed E-state index contributed by atoms with van der Waals surface area (Å²) < 4.78 is 0. The van der Waals surface area contributed by atoms with E-state index < -0.39 is 0 Å². The Balaban J connectivity index is 2.29. The van der Waals surface area contributed by atoms with E-state index in [1.54, 1.807) is 4.90 Å². The lowest BCUT2D eigenvalue weighted by atomic mass is 10.0. The molecule has 0 radical (unpaired) electrons. The highest BCUT2D eigenvalue weighted by molar-refractivity contribution is 6.52. The Labute approximate surface area is 114 Å². The maximum Gasteiger partial charge on any atom is 0.299 e. The molecule has 2 rings (SSSR count). The van der Waals surface area contributed by atoms with Crippen LogP contribution in [-0.4, -0.2) is 18.2 Å². The molecule has 1 aromatic rings. The van der Waals surface area contributed by atoms with Gasteiger partial charge in [-0.1, -0.05) is 33.3 Å². The summed E-state index contributed by atoms with van der Waals surface area (Å²) in [6.07, 6.45) is 3.04. The lowest BCUT2D eigenvalue weighted by Crippen LogP contribution is -2.33. The van der Waals surface area contributed by atoms with Gasteiger partial charge in [-0.05, 0) is 36.5 Å². The lowest BCUT2D eigenvalue weighted by molar-refractivity contribution is -0.114. The number of fused-ring (bicyclic) bond motifs is 1. The van der Waals surface area contributed by atoms with Crippen LogP contribution in [0.5, 0.6) is 0 Å². The summed E-state index contributed by atoms with van der Waals surface area (Å²) >= 11 is 0. The third-order valence-corrected chi connectivity index (χ3v) is 3.72. The van der Waals surface area contributed by atoms with Crippen molar-refractivity contribution in [2.24, 2.45) is 5.92 Å². The molecule has 1 amide bonds. The van der Waals surface area contributed by atoms with E-state index in [-0.39, 0.29) is 11.7 Å². The molecule has 1 aromatic carbocycles. The zero-order valence-electron chi connectivity index (χ0n) is 11.9. The van der Waals surface area contributed by atoms with E-state index in [0.29, 0.717) is 18.0 Å². The van der Waals surface area contributed by atoms with Gasteiger partial charge in [-0.2, -0.15) is 0 Å². The summed E-state index contributed by atoms with van der Waals surface area (Å²) in [6.45, 7) is 6.94. The molecule has 19 heavy (non-hydrogen) atoms. The first-order valence-corrected chi connectivity index (χ1v) is 7.07. The third kappa shape index (κ3) is 2.55. The van der Waals surface area contributed by atoms with Crippen LogP contribution in [0.4, 0.5) is 5.69 Å². The quantitative estimate of drug-likeness (QED) is 0.761. The smallest absolute Gasteiger partial charge is 0.299 e. The Morgan fingerprint density at radius 1 is 1.21 bits per heavy atom. The zero-order valence-corrected chi connectivity index (χ0v) is 11.9. The van der Waals surface area contributed by atoms with Gasteiger partial charge in [0.15, 0.2) is 0 Å². The topological polar surface area (TPSA) is 37.4 Å². The number of ketones is 1. The van der Waals surface area contributed by atoms with Gasteiger partial charge in [0.1, 0.15) is 0 Å². The number of anilines is 1. The Morgan fingerprint density at radius 3 is 2.58 bits per heavy atom. The van der Waals surface area contributed by atoms with Crippen molar-refractivity contribution >= 4 is 17.4 Å². The molecule has 3 heteroatoms. The second-order valence-corrected chi connectivity index (χ2v) is 5.34. The summed E-state index contributed by atoms with van der Waals surface area (Å²) in [5.41, 5.74) is 2.46.